The Morgan fingerprint density at radius 2 is 1.93 bits per heavy atom. The fourth-order valence-electron chi connectivity index (χ4n) is 1.74. The fourth-order valence-corrected chi connectivity index (χ4v) is 1.74. The van der Waals surface area contributed by atoms with Crippen molar-refractivity contribution in [1.82, 2.24) is 15.0 Å². The first kappa shape index (κ1) is 12.0. The molecule has 4 heteroatoms. The van der Waals surface area contributed by atoms with Gasteiger partial charge in [0.2, 0.25) is 0 Å². The van der Waals surface area contributed by atoms with Gasteiger partial charge in [-0.05, 0) is 24.7 Å². The Labute approximate surface area is 91.9 Å². The van der Waals surface area contributed by atoms with Crippen LogP contribution in [0.15, 0.2) is 0 Å². The van der Waals surface area contributed by atoms with Gasteiger partial charge in [0.1, 0.15) is 0 Å². The van der Waals surface area contributed by atoms with Crippen LogP contribution in [-0.2, 0) is 6.54 Å². The third-order valence-corrected chi connectivity index (χ3v) is 2.50. The summed E-state index contributed by atoms with van der Waals surface area (Å²) in [6.07, 6.45) is 2.36. The first-order chi connectivity index (χ1) is 7.02. The number of nitrogens with zero attached hydrogens (tertiary/aromatic N) is 3. The average molecular weight is 210 g/mol. The van der Waals surface area contributed by atoms with Gasteiger partial charge in [-0.1, -0.05) is 32.9 Å². The van der Waals surface area contributed by atoms with Crippen LogP contribution in [0.3, 0.4) is 0 Å². The molecule has 0 aliphatic heterocycles. The summed E-state index contributed by atoms with van der Waals surface area (Å²) in [6, 6.07) is 0. The van der Waals surface area contributed by atoms with Crippen LogP contribution in [0, 0.1) is 5.92 Å². The van der Waals surface area contributed by atoms with E-state index in [1.54, 1.807) is 0 Å². The summed E-state index contributed by atoms with van der Waals surface area (Å²) in [5.74, 6) is 1.71. The zero-order chi connectivity index (χ0) is 11.4. The van der Waals surface area contributed by atoms with Gasteiger partial charge in [0.15, 0.2) is 5.82 Å². The molecule has 0 saturated carbocycles. The van der Waals surface area contributed by atoms with Crippen molar-refractivity contribution in [3.63, 3.8) is 0 Å². The lowest BCUT2D eigenvalue weighted by Gasteiger charge is -2.10. The second kappa shape index (κ2) is 5.14. The molecule has 2 N–H and O–H groups in total. The van der Waals surface area contributed by atoms with Crippen LogP contribution in [0.5, 0.6) is 0 Å². The molecule has 0 aromatic carbocycles. The van der Waals surface area contributed by atoms with Crippen LogP contribution in [-0.4, -0.2) is 15.0 Å². The molecule has 1 aromatic heterocycles. The molecule has 0 radical (unpaired) electrons. The van der Waals surface area contributed by atoms with Crippen LogP contribution >= 0.6 is 0 Å². The van der Waals surface area contributed by atoms with Crippen molar-refractivity contribution in [3.8, 4) is 0 Å². The lowest BCUT2D eigenvalue weighted by atomic mass is 10.1. The second-order valence-electron chi connectivity index (χ2n) is 4.77. The van der Waals surface area contributed by atoms with E-state index in [2.05, 4.69) is 38.0 Å². The molecule has 0 atom stereocenters. The van der Waals surface area contributed by atoms with E-state index >= 15 is 0 Å². The van der Waals surface area contributed by atoms with E-state index < -0.39 is 0 Å². The Hall–Kier alpha value is -1.06. The monoisotopic (exact) mass is 210 g/mol. The summed E-state index contributed by atoms with van der Waals surface area (Å²) in [7, 11) is 0. The van der Waals surface area contributed by atoms with Crippen molar-refractivity contribution in [2.24, 2.45) is 5.92 Å². The first-order valence-electron chi connectivity index (χ1n) is 5.71. The predicted octanol–water partition coefficient (Wildman–Crippen LogP) is 2.42. The van der Waals surface area contributed by atoms with E-state index in [9.17, 15) is 0 Å². The maximum absolute atomic E-state index is 5.78. The lowest BCUT2D eigenvalue weighted by Crippen LogP contribution is -2.08. The highest BCUT2D eigenvalue weighted by Gasteiger charge is 2.13. The number of hydrogen-bond donors (Lipinski definition) is 1. The molecule has 0 amide bonds. The molecule has 1 rings (SSSR count). The van der Waals surface area contributed by atoms with Gasteiger partial charge in [0.25, 0.3) is 0 Å². The molecular formula is C11H22N4. The zero-order valence-electron chi connectivity index (χ0n) is 10.2. The van der Waals surface area contributed by atoms with Gasteiger partial charge < -0.3 is 5.73 Å². The molecule has 15 heavy (non-hydrogen) atoms. The largest absolute Gasteiger partial charge is 0.381 e. The third-order valence-electron chi connectivity index (χ3n) is 2.50. The van der Waals surface area contributed by atoms with E-state index in [0.29, 0.717) is 11.7 Å². The van der Waals surface area contributed by atoms with Crippen LogP contribution in [0.1, 0.15) is 52.1 Å². The van der Waals surface area contributed by atoms with Gasteiger partial charge >= 0.3 is 0 Å². The summed E-state index contributed by atoms with van der Waals surface area (Å²) in [5.41, 5.74) is 6.85. The Balaban J connectivity index is 2.61. The molecule has 0 spiro atoms. The first-order valence-corrected chi connectivity index (χ1v) is 5.71. The number of aromatic nitrogens is 3. The summed E-state index contributed by atoms with van der Waals surface area (Å²) in [5, 5.41) is 8.00. The molecule has 86 valence electrons. The van der Waals surface area contributed by atoms with Crippen molar-refractivity contribution in [2.45, 2.75) is 53.0 Å². The van der Waals surface area contributed by atoms with Gasteiger partial charge in [-0.3, -0.25) is 0 Å². The van der Waals surface area contributed by atoms with Crippen molar-refractivity contribution in [3.05, 3.63) is 5.69 Å². The van der Waals surface area contributed by atoms with Gasteiger partial charge in [-0.25, -0.2) is 4.68 Å². The van der Waals surface area contributed by atoms with E-state index in [0.717, 1.165) is 24.6 Å². The van der Waals surface area contributed by atoms with Gasteiger partial charge in [-0.15, -0.1) is 5.10 Å². The van der Waals surface area contributed by atoms with E-state index in [1.807, 2.05) is 4.68 Å². The quantitative estimate of drug-likeness (QED) is 0.812. The number of hydrogen-bond acceptors (Lipinski definition) is 3. The van der Waals surface area contributed by atoms with Gasteiger partial charge in [0.05, 0.1) is 5.69 Å². The fraction of sp³-hybridized carbons (Fsp3) is 0.818. The normalized spacial score (nSPS) is 11.6. The molecule has 1 heterocycles. The molecule has 0 aliphatic carbocycles. The standard InChI is InChI=1S/C11H22N4/c1-8(2)6-5-7-15-10(9(3)4)11(12)13-14-15/h8-9H,5-7,12H2,1-4H3. The van der Waals surface area contributed by atoms with Crippen molar-refractivity contribution in [2.75, 3.05) is 5.73 Å². The van der Waals surface area contributed by atoms with Crippen LogP contribution in [0.2, 0.25) is 0 Å². The number of rotatable bonds is 5. The molecule has 0 unspecified atom stereocenters. The SMILES string of the molecule is CC(C)CCCn1nnc(N)c1C(C)C. The van der Waals surface area contributed by atoms with Crippen LogP contribution in [0.4, 0.5) is 5.82 Å². The predicted molar refractivity (Wildman–Crippen MR) is 62.6 cm³/mol. The smallest absolute Gasteiger partial charge is 0.169 e. The minimum absolute atomic E-state index is 0.388. The number of nitrogen functional groups attached to an aromatic ring is 1. The maximum Gasteiger partial charge on any atom is 0.169 e. The average Bonchev–Trinajstić information content (AvgIpc) is 2.46. The minimum atomic E-state index is 0.388. The Morgan fingerprint density at radius 1 is 1.27 bits per heavy atom. The highest BCUT2D eigenvalue weighted by Crippen LogP contribution is 2.19. The molecule has 0 aliphatic rings. The topological polar surface area (TPSA) is 56.7 Å². The molecule has 1 aromatic rings. The van der Waals surface area contributed by atoms with Crippen molar-refractivity contribution >= 4 is 5.82 Å². The highest BCUT2D eigenvalue weighted by molar-refractivity contribution is 5.34. The van der Waals surface area contributed by atoms with E-state index in [4.69, 9.17) is 5.73 Å². The second-order valence-corrected chi connectivity index (χ2v) is 4.77. The van der Waals surface area contributed by atoms with Gasteiger partial charge in [-0.2, -0.15) is 0 Å². The summed E-state index contributed by atoms with van der Waals surface area (Å²) in [6.45, 7) is 9.63. The summed E-state index contributed by atoms with van der Waals surface area (Å²) in [4.78, 5) is 0. The maximum atomic E-state index is 5.78. The third kappa shape index (κ3) is 3.22. The summed E-state index contributed by atoms with van der Waals surface area (Å²) >= 11 is 0. The number of aryl methyl sites for hydroxylation is 1. The lowest BCUT2D eigenvalue weighted by molar-refractivity contribution is 0.468. The van der Waals surface area contributed by atoms with E-state index in [-0.39, 0.29) is 0 Å². The molecule has 0 bridgehead atoms. The van der Waals surface area contributed by atoms with E-state index in [1.165, 1.54) is 6.42 Å². The van der Waals surface area contributed by atoms with Gasteiger partial charge in [0, 0.05) is 6.54 Å². The van der Waals surface area contributed by atoms with Crippen LogP contribution in [0.25, 0.3) is 0 Å². The highest BCUT2D eigenvalue weighted by atomic mass is 15.4. The number of anilines is 1. The molecule has 0 saturated heterocycles. The Morgan fingerprint density at radius 3 is 2.47 bits per heavy atom. The van der Waals surface area contributed by atoms with Crippen molar-refractivity contribution in [1.29, 1.82) is 0 Å². The Bertz CT molecular complexity index is 302. The zero-order valence-corrected chi connectivity index (χ0v) is 10.2. The summed E-state index contributed by atoms with van der Waals surface area (Å²) < 4.78 is 1.95. The number of nitrogens with two attached hydrogens (primary N) is 1. The Kier molecular flexibility index (Phi) is 4.12. The minimum Gasteiger partial charge on any atom is -0.381 e. The molecule has 4 nitrogen and oxygen atoms in total. The van der Waals surface area contributed by atoms with Crippen molar-refractivity contribution < 1.29 is 0 Å². The molecular weight excluding hydrogens is 188 g/mol. The van der Waals surface area contributed by atoms with Crippen LogP contribution < -0.4 is 5.73 Å². The molecule has 0 fully saturated rings.